The van der Waals surface area contributed by atoms with Gasteiger partial charge in [0.15, 0.2) is 0 Å². The Balaban J connectivity index is -0.0000000270. The summed E-state index contributed by atoms with van der Waals surface area (Å²) in [6.45, 7) is 2.87. The van der Waals surface area contributed by atoms with E-state index >= 15 is 0 Å². The van der Waals surface area contributed by atoms with Crippen LogP contribution in [-0.2, 0) is 19.1 Å². The standard InChI is InChI=1S/C6H10O4.2H3N.4Na.4H/c1-5(7)9-3-4-10-6(2)8;;;;;;;;;;/h3-4H2,1-2H3;2*1H3;;;;;;;;. The van der Waals surface area contributed by atoms with Crippen LogP contribution >= 0.6 is 0 Å². The molecule has 0 aliphatic rings. The Labute approximate surface area is 185 Å². The van der Waals surface area contributed by atoms with Gasteiger partial charge < -0.3 is 21.8 Å². The Bertz CT molecular complexity index is 134. The zero-order valence-electron chi connectivity index (χ0n) is 7.46. The van der Waals surface area contributed by atoms with Gasteiger partial charge >= 0.3 is 130 Å². The fourth-order valence-electron chi connectivity index (χ4n) is 0.371. The van der Waals surface area contributed by atoms with Crippen molar-refractivity contribution in [2.75, 3.05) is 13.2 Å². The van der Waals surface area contributed by atoms with E-state index in [0.29, 0.717) is 0 Å². The molecule has 0 aliphatic carbocycles. The topological polar surface area (TPSA) is 123 Å². The van der Waals surface area contributed by atoms with Crippen LogP contribution in [0.1, 0.15) is 13.8 Å². The Morgan fingerprint density at radius 3 is 1.06 bits per heavy atom. The van der Waals surface area contributed by atoms with Crippen molar-refractivity contribution in [3.8, 4) is 0 Å². The maximum atomic E-state index is 10.1. The minimum atomic E-state index is -0.368. The zero-order chi connectivity index (χ0) is 7.98. The van der Waals surface area contributed by atoms with Crippen molar-refractivity contribution in [2.45, 2.75) is 13.8 Å². The van der Waals surface area contributed by atoms with Crippen LogP contribution in [0.3, 0.4) is 0 Å². The van der Waals surface area contributed by atoms with Gasteiger partial charge in [-0.15, -0.1) is 0 Å². The quantitative estimate of drug-likeness (QED) is 0.344. The summed E-state index contributed by atoms with van der Waals surface area (Å²) in [5.41, 5.74) is 0. The fourth-order valence-corrected chi connectivity index (χ4v) is 0.371. The maximum absolute atomic E-state index is 10.1. The third kappa shape index (κ3) is 43.6. The second-order valence-electron chi connectivity index (χ2n) is 1.68. The summed E-state index contributed by atoms with van der Waals surface area (Å²) in [6, 6.07) is 0. The van der Waals surface area contributed by atoms with E-state index in [2.05, 4.69) is 9.47 Å². The van der Waals surface area contributed by atoms with Crippen LogP contribution in [0, 0.1) is 0 Å². The van der Waals surface area contributed by atoms with Crippen molar-refractivity contribution in [1.29, 1.82) is 0 Å². The monoisotopic (exact) mass is 276 g/mol. The summed E-state index contributed by atoms with van der Waals surface area (Å²) in [5.74, 6) is -0.737. The summed E-state index contributed by atoms with van der Waals surface area (Å²) in [6.07, 6.45) is 0. The summed E-state index contributed by atoms with van der Waals surface area (Å²) < 4.78 is 8.95. The van der Waals surface area contributed by atoms with Gasteiger partial charge in [-0.1, -0.05) is 0 Å². The van der Waals surface area contributed by atoms with Crippen LogP contribution in [-0.4, -0.2) is 143 Å². The molecule has 0 unspecified atom stereocenters. The molecule has 0 aliphatic heterocycles. The number of carbonyl (C=O) groups is 2. The van der Waals surface area contributed by atoms with Crippen LogP contribution in [0.5, 0.6) is 0 Å². The van der Waals surface area contributed by atoms with E-state index in [-0.39, 0.29) is 156 Å². The van der Waals surface area contributed by atoms with E-state index in [9.17, 15) is 9.59 Å². The molecule has 16 heavy (non-hydrogen) atoms. The molecule has 0 heterocycles. The van der Waals surface area contributed by atoms with Gasteiger partial charge in [0.05, 0.1) is 0 Å². The molecule has 82 valence electrons. The summed E-state index contributed by atoms with van der Waals surface area (Å²) in [4.78, 5) is 20.3. The van der Waals surface area contributed by atoms with E-state index in [1.54, 1.807) is 0 Å². The van der Waals surface area contributed by atoms with Crippen molar-refractivity contribution >= 4 is 130 Å². The minimum absolute atomic E-state index is 0. The van der Waals surface area contributed by atoms with Gasteiger partial charge in [-0.25, -0.2) is 0 Å². The number of hydrogen-bond donors (Lipinski definition) is 2. The second kappa shape index (κ2) is 30.7. The van der Waals surface area contributed by atoms with Gasteiger partial charge in [-0.05, 0) is 0 Å². The van der Waals surface area contributed by atoms with E-state index in [0.717, 1.165) is 0 Å². The third-order valence-corrected chi connectivity index (χ3v) is 0.694. The van der Waals surface area contributed by atoms with E-state index < -0.39 is 0 Å². The molecule has 6 N–H and O–H groups in total. The molecular formula is C6H20N2Na4O4. The molecule has 0 fully saturated rings. The molecule has 0 bridgehead atoms. The van der Waals surface area contributed by atoms with E-state index in [1.165, 1.54) is 13.8 Å². The summed E-state index contributed by atoms with van der Waals surface area (Å²) >= 11 is 0. The van der Waals surface area contributed by atoms with E-state index in [1.807, 2.05) is 0 Å². The average molecular weight is 276 g/mol. The molecule has 0 aromatic rings. The molecular weight excluding hydrogens is 256 g/mol. The zero-order valence-corrected chi connectivity index (χ0v) is 7.46. The van der Waals surface area contributed by atoms with Crippen LogP contribution in [0.25, 0.3) is 0 Å². The molecule has 0 saturated carbocycles. The van der Waals surface area contributed by atoms with Crippen LogP contribution in [0.2, 0.25) is 0 Å². The number of hydrogen-bond acceptors (Lipinski definition) is 6. The first kappa shape index (κ1) is 42.8. The van der Waals surface area contributed by atoms with Crippen molar-refractivity contribution < 1.29 is 19.1 Å². The first-order valence-electron chi connectivity index (χ1n) is 2.89. The van der Waals surface area contributed by atoms with Crippen molar-refractivity contribution in [3.05, 3.63) is 0 Å². The van der Waals surface area contributed by atoms with E-state index in [4.69, 9.17) is 0 Å². The molecule has 0 aromatic heterocycles. The van der Waals surface area contributed by atoms with Gasteiger partial charge in [0.1, 0.15) is 13.2 Å². The molecule has 6 nitrogen and oxygen atoms in total. The van der Waals surface area contributed by atoms with Crippen molar-refractivity contribution in [3.63, 3.8) is 0 Å². The number of rotatable bonds is 3. The Morgan fingerprint density at radius 1 is 0.750 bits per heavy atom. The van der Waals surface area contributed by atoms with Crippen LogP contribution in [0.15, 0.2) is 0 Å². The Hall–Kier alpha value is 2.86. The number of esters is 2. The first-order valence-corrected chi connectivity index (χ1v) is 2.89. The molecule has 0 aromatic carbocycles. The Morgan fingerprint density at radius 2 is 0.938 bits per heavy atom. The van der Waals surface area contributed by atoms with Crippen molar-refractivity contribution in [2.24, 2.45) is 0 Å². The number of carbonyl (C=O) groups excluding carboxylic acids is 2. The second-order valence-corrected chi connectivity index (χ2v) is 1.68. The van der Waals surface area contributed by atoms with Crippen molar-refractivity contribution in [1.82, 2.24) is 12.3 Å². The van der Waals surface area contributed by atoms with Crippen LogP contribution in [0.4, 0.5) is 0 Å². The molecule has 0 atom stereocenters. The predicted octanol–water partition coefficient (Wildman–Crippen LogP) is -2.16. The molecule has 0 spiro atoms. The molecule has 10 heteroatoms. The molecule has 0 rings (SSSR count). The normalized spacial score (nSPS) is 5.38. The van der Waals surface area contributed by atoms with Gasteiger partial charge in [-0.3, -0.25) is 9.59 Å². The van der Waals surface area contributed by atoms with Crippen LogP contribution < -0.4 is 12.3 Å². The SMILES string of the molecule is CC(=O)OCCOC(C)=O.N.N.[NaH].[NaH].[NaH].[NaH]. The van der Waals surface area contributed by atoms with Gasteiger partial charge in [0.25, 0.3) is 0 Å². The third-order valence-electron chi connectivity index (χ3n) is 0.694. The first-order chi connectivity index (χ1) is 4.63. The fraction of sp³-hybridized carbons (Fsp3) is 0.667. The molecule has 0 saturated heterocycles. The predicted molar refractivity (Wildman–Crippen MR) is 71.9 cm³/mol. The Kier molecular flexibility index (Phi) is 82.1. The average Bonchev–Trinajstić information content (AvgIpc) is 1.79. The number of ether oxygens (including phenoxy) is 2. The summed E-state index contributed by atoms with van der Waals surface area (Å²) in [7, 11) is 0. The molecule has 0 radical (unpaired) electrons. The van der Waals surface area contributed by atoms with Gasteiger partial charge in [0.2, 0.25) is 0 Å². The van der Waals surface area contributed by atoms with Gasteiger partial charge in [-0.2, -0.15) is 0 Å². The van der Waals surface area contributed by atoms with Gasteiger partial charge in [0, 0.05) is 13.8 Å². The molecule has 0 amide bonds. The summed E-state index contributed by atoms with van der Waals surface area (Å²) in [5, 5.41) is 0.